The van der Waals surface area contributed by atoms with Crippen molar-refractivity contribution in [2.24, 2.45) is 0 Å². The van der Waals surface area contributed by atoms with Gasteiger partial charge in [-0.3, -0.25) is 0 Å². The molecular formula is C51H31N5S. The molecule has 4 aromatic heterocycles. The summed E-state index contributed by atoms with van der Waals surface area (Å²) in [7, 11) is 0. The molecule has 0 amide bonds. The van der Waals surface area contributed by atoms with E-state index in [1.54, 1.807) is 0 Å². The average molecular weight is 746 g/mol. The fourth-order valence-electron chi connectivity index (χ4n) is 8.69. The fourth-order valence-corrected chi connectivity index (χ4v) is 9.85. The van der Waals surface area contributed by atoms with Crippen molar-refractivity contribution in [2.75, 3.05) is 0 Å². The van der Waals surface area contributed by atoms with Gasteiger partial charge in [-0.15, -0.1) is 11.3 Å². The summed E-state index contributed by atoms with van der Waals surface area (Å²) in [5, 5.41) is 7.18. The molecule has 8 aromatic carbocycles. The maximum absolute atomic E-state index is 5.28. The minimum atomic E-state index is 0.641. The average Bonchev–Trinajstić information content (AvgIpc) is 3.95. The van der Waals surface area contributed by atoms with Crippen LogP contribution in [0.25, 0.3) is 109 Å². The van der Waals surface area contributed by atoms with Crippen LogP contribution in [-0.4, -0.2) is 24.1 Å². The first-order chi connectivity index (χ1) is 28.3. The molecule has 6 heteroatoms. The van der Waals surface area contributed by atoms with E-state index < -0.39 is 0 Å². The van der Waals surface area contributed by atoms with Crippen molar-refractivity contribution >= 4 is 75.1 Å². The van der Waals surface area contributed by atoms with E-state index in [9.17, 15) is 0 Å². The smallest absolute Gasteiger partial charge is 0.164 e. The molecule has 0 aliphatic rings. The van der Waals surface area contributed by atoms with E-state index in [1.807, 2.05) is 47.7 Å². The molecule has 12 aromatic rings. The zero-order valence-corrected chi connectivity index (χ0v) is 31.4. The van der Waals surface area contributed by atoms with Gasteiger partial charge in [-0.2, -0.15) is 0 Å². The van der Waals surface area contributed by atoms with Crippen LogP contribution in [0.4, 0.5) is 0 Å². The number of hydrogen-bond acceptors (Lipinski definition) is 4. The molecule has 0 N–H and O–H groups in total. The van der Waals surface area contributed by atoms with Crippen LogP contribution in [0.3, 0.4) is 0 Å². The van der Waals surface area contributed by atoms with Crippen molar-refractivity contribution in [3.63, 3.8) is 0 Å². The molecule has 57 heavy (non-hydrogen) atoms. The minimum Gasteiger partial charge on any atom is -0.307 e. The van der Waals surface area contributed by atoms with E-state index in [0.29, 0.717) is 17.5 Å². The van der Waals surface area contributed by atoms with Gasteiger partial charge in [0.25, 0.3) is 0 Å². The Kier molecular flexibility index (Phi) is 7.03. The number of thiophene rings is 1. The van der Waals surface area contributed by atoms with Crippen molar-refractivity contribution in [2.45, 2.75) is 0 Å². The number of nitrogens with zero attached hydrogens (tertiary/aromatic N) is 5. The lowest BCUT2D eigenvalue weighted by molar-refractivity contribution is 1.07. The van der Waals surface area contributed by atoms with Gasteiger partial charge in [-0.05, 0) is 42.5 Å². The summed E-state index contributed by atoms with van der Waals surface area (Å²) in [6.07, 6.45) is 0. The Morgan fingerprint density at radius 1 is 0.351 bits per heavy atom. The van der Waals surface area contributed by atoms with E-state index >= 15 is 0 Å². The molecule has 0 atom stereocenters. The predicted octanol–water partition coefficient (Wildman–Crippen LogP) is 13.4. The van der Waals surface area contributed by atoms with Gasteiger partial charge in [-0.25, -0.2) is 15.0 Å². The zero-order chi connectivity index (χ0) is 37.5. The number of rotatable bonds is 5. The van der Waals surface area contributed by atoms with Gasteiger partial charge in [0.05, 0.1) is 22.1 Å². The van der Waals surface area contributed by atoms with Gasteiger partial charge in [-0.1, -0.05) is 146 Å². The number of benzene rings is 8. The van der Waals surface area contributed by atoms with E-state index in [1.165, 1.54) is 47.4 Å². The first-order valence-corrected chi connectivity index (χ1v) is 19.9. The highest BCUT2D eigenvalue weighted by atomic mass is 32.1. The van der Waals surface area contributed by atoms with Gasteiger partial charge in [0.15, 0.2) is 17.5 Å². The van der Waals surface area contributed by atoms with Crippen LogP contribution in [0.5, 0.6) is 0 Å². The molecule has 0 saturated carbocycles. The van der Waals surface area contributed by atoms with Crippen molar-refractivity contribution in [3.8, 4) is 45.5 Å². The van der Waals surface area contributed by atoms with Gasteiger partial charge in [0, 0.05) is 69.8 Å². The van der Waals surface area contributed by atoms with Crippen LogP contribution in [0, 0.1) is 0 Å². The maximum Gasteiger partial charge on any atom is 0.164 e. The van der Waals surface area contributed by atoms with Crippen molar-refractivity contribution in [3.05, 3.63) is 188 Å². The fraction of sp³-hybridized carbons (Fsp3) is 0. The Hall–Kier alpha value is -7.41. The summed E-state index contributed by atoms with van der Waals surface area (Å²) in [5.41, 5.74) is 9.68. The molecule has 4 heterocycles. The van der Waals surface area contributed by atoms with Crippen molar-refractivity contribution in [1.82, 2.24) is 24.1 Å². The number of para-hydroxylation sites is 3. The third-order valence-corrected chi connectivity index (χ3v) is 12.3. The molecule has 0 bridgehead atoms. The first kappa shape index (κ1) is 31.9. The largest absolute Gasteiger partial charge is 0.307 e. The van der Waals surface area contributed by atoms with E-state index in [0.717, 1.165) is 44.5 Å². The highest BCUT2D eigenvalue weighted by Crippen LogP contribution is 2.45. The van der Waals surface area contributed by atoms with Gasteiger partial charge in [0.1, 0.15) is 0 Å². The van der Waals surface area contributed by atoms with Crippen LogP contribution in [0.1, 0.15) is 0 Å². The topological polar surface area (TPSA) is 48.5 Å². The Morgan fingerprint density at radius 3 is 1.42 bits per heavy atom. The number of fused-ring (bicyclic) bond motifs is 10. The monoisotopic (exact) mass is 745 g/mol. The highest BCUT2D eigenvalue weighted by molar-refractivity contribution is 7.26. The standard InChI is InChI=1S/C51H31N5S/c1-4-16-32(17-5-1)49-52-50(33-18-6-2-7-19-33)54-51(53-49)41-30-35(31-45-46(41)40-24-12-15-27-44(40)57-45)56-43-26-14-11-23-37(43)39-29-28-38-36-22-10-13-25-42(36)55(47(38)48(39)56)34-20-8-3-9-21-34/h1-31H. The number of hydrogen-bond donors (Lipinski definition) is 0. The highest BCUT2D eigenvalue weighted by Gasteiger charge is 2.24. The van der Waals surface area contributed by atoms with Crippen LogP contribution < -0.4 is 0 Å². The molecular weight excluding hydrogens is 715 g/mol. The summed E-state index contributed by atoms with van der Waals surface area (Å²) in [4.78, 5) is 15.6. The molecule has 266 valence electrons. The third kappa shape index (κ3) is 4.91. The molecule has 0 aliphatic carbocycles. The van der Waals surface area contributed by atoms with E-state index in [-0.39, 0.29) is 0 Å². The van der Waals surface area contributed by atoms with Crippen LogP contribution in [0.15, 0.2) is 188 Å². The lowest BCUT2D eigenvalue weighted by Crippen LogP contribution is -2.02. The second kappa shape index (κ2) is 12.6. The second-order valence-electron chi connectivity index (χ2n) is 14.4. The first-order valence-electron chi connectivity index (χ1n) is 19.1. The maximum atomic E-state index is 5.28. The van der Waals surface area contributed by atoms with E-state index in [2.05, 4.69) is 161 Å². The van der Waals surface area contributed by atoms with Crippen LogP contribution in [0.2, 0.25) is 0 Å². The summed E-state index contributed by atoms with van der Waals surface area (Å²) < 4.78 is 7.30. The number of aromatic nitrogens is 5. The third-order valence-electron chi connectivity index (χ3n) is 11.1. The van der Waals surface area contributed by atoms with Gasteiger partial charge < -0.3 is 9.13 Å². The van der Waals surface area contributed by atoms with Gasteiger partial charge in [0.2, 0.25) is 0 Å². The normalized spacial score (nSPS) is 11.9. The molecule has 0 fully saturated rings. The van der Waals surface area contributed by atoms with Crippen LogP contribution >= 0.6 is 11.3 Å². The Balaban J connectivity index is 1.24. The Bertz CT molecular complexity index is 3450. The molecule has 5 nitrogen and oxygen atoms in total. The second-order valence-corrected chi connectivity index (χ2v) is 15.5. The molecule has 12 rings (SSSR count). The SMILES string of the molecule is c1ccc(-c2nc(-c3ccccc3)nc(-c3cc(-n4c5ccccc5c5ccc6c7ccccc7n(-c7ccccc7)c6c54)cc4sc5ccccc5c34)n2)cc1. The lowest BCUT2D eigenvalue weighted by Gasteiger charge is -2.15. The Morgan fingerprint density at radius 2 is 0.825 bits per heavy atom. The van der Waals surface area contributed by atoms with Crippen LogP contribution in [-0.2, 0) is 0 Å². The quantitative estimate of drug-likeness (QED) is 0.176. The zero-order valence-electron chi connectivity index (χ0n) is 30.5. The Labute approximate surface area is 331 Å². The predicted molar refractivity (Wildman–Crippen MR) is 238 cm³/mol. The molecule has 0 radical (unpaired) electrons. The summed E-state index contributed by atoms with van der Waals surface area (Å²) in [6.45, 7) is 0. The molecule has 0 aliphatic heterocycles. The van der Waals surface area contributed by atoms with Gasteiger partial charge >= 0.3 is 0 Å². The molecule has 0 unspecified atom stereocenters. The lowest BCUT2D eigenvalue weighted by atomic mass is 10.0. The summed E-state index contributed by atoms with van der Waals surface area (Å²) in [5.74, 6) is 1.93. The van der Waals surface area contributed by atoms with Crippen molar-refractivity contribution in [1.29, 1.82) is 0 Å². The van der Waals surface area contributed by atoms with E-state index in [4.69, 9.17) is 15.0 Å². The molecule has 0 saturated heterocycles. The van der Waals surface area contributed by atoms with Crippen molar-refractivity contribution < 1.29 is 0 Å². The summed E-state index contributed by atoms with van der Waals surface area (Å²) >= 11 is 1.81. The molecule has 0 spiro atoms. The summed E-state index contributed by atoms with van der Waals surface area (Å²) in [6, 6.07) is 66.6. The minimum absolute atomic E-state index is 0.641.